The molecule has 0 bridgehead atoms. The largest absolute Gasteiger partial charge is 0.309 e. The lowest BCUT2D eigenvalue weighted by Gasteiger charge is -2.25. The van der Waals surface area contributed by atoms with Crippen LogP contribution in [0.15, 0.2) is 0 Å². The third-order valence-electron chi connectivity index (χ3n) is 2.45. The molecule has 1 rings (SSSR count). The molecule has 0 amide bonds. The Morgan fingerprint density at radius 3 is 2.13 bits per heavy atom. The van der Waals surface area contributed by atoms with Crippen LogP contribution in [-0.4, -0.2) is 32.3 Å². The molecule has 2 unspecified atom stereocenters. The highest BCUT2D eigenvalue weighted by molar-refractivity contribution is 7.88. The van der Waals surface area contributed by atoms with Gasteiger partial charge in [-0.05, 0) is 40.0 Å². The van der Waals surface area contributed by atoms with E-state index in [1.165, 1.54) is 6.26 Å². The number of hydrogen-bond donors (Lipinski definition) is 2. The second kappa shape index (κ2) is 4.39. The molecule has 90 valence electrons. The smallest absolute Gasteiger partial charge is 0.208 e. The van der Waals surface area contributed by atoms with Gasteiger partial charge in [0.15, 0.2) is 0 Å². The zero-order chi connectivity index (χ0) is 11.7. The molecule has 2 atom stereocenters. The van der Waals surface area contributed by atoms with Gasteiger partial charge in [-0.25, -0.2) is 13.1 Å². The van der Waals surface area contributed by atoms with Gasteiger partial charge in [0, 0.05) is 17.6 Å². The van der Waals surface area contributed by atoms with Crippen LogP contribution in [0.25, 0.3) is 0 Å². The normalized spacial score (nSPS) is 28.3. The van der Waals surface area contributed by atoms with E-state index >= 15 is 0 Å². The van der Waals surface area contributed by atoms with Crippen LogP contribution in [0.5, 0.6) is 0 Å². The lowest BCUT2D eigenvalue weighted by Crippen LogP contribution is -2.43. The van der Waals surface area contributed by atoms with E-state index in [9.17, 15) is 8.42 Å². The molecule has 4 nitrogen and oxygen atoms in total. The lowest BCUT2D eigenvalue weighted by molar-refractivity contribution is 0.358. The highest BCUT2D eigenvalue weighted by atomic mass is 32.2. The molecule has 1 aliphatic carbocycles. The predicted molar refractivity (Wildman–Crippen MR) is 62.3 cm³/mol. The summed E-state index contributed by atoms with van der Waals surface area (Å²) in [6, 6.07) is 0.545. The first-order chi connectivity index (χ1) is 6.66. The first-order valence-corrected chi connectivity index (χ1v) is 7.30. The van der Waals surface area contributed by atoms with Gasteiger partial charge in [0.25, 0.3) is 0 Å². The van der Waals surface area contributed by atoms with Crippen molar-refractivity contribution in [2.45, 2.75) is 57.7 Å². The van der Waals surface area contributed by atoms with Crippen molar-refractivity contribution in [3.63, 3.8) is 0 Å². The molecule has 0 aliphatic heterocycles. The monoisotopic (exact) mass is 234 g/mol. The zero-order valence-corrected chi connectivity index (χ0v) is 10.8. The Morgan fingerprint density at radius 2 is 1.67 bits per heavy atom. The minimum absolute atomic E-state index is 0.102. The first-order valence-electron chi connectivity index (χ1n) is 5.41. The second-order valence-corrected chi connectivity index (χ2v) is 7.27. The summed E-state index contributed by atoms with van der Waals surface area (Å²) in [4.78, 5) is 0. The molecule has 0 radical (unpaired) electrons. The third-order valence-corrected chi connectivity index (χ3v) is 3.21. The molecule has 0 aromatic heterocycles. The predicted octanol–water partition coefficient (Wildman–Crippen LogP) is 0.845. The van der Waals surface area contributed by atoms with E-state index in [1.807, 2.05) is 0 Å². The summed E-state index contributed by atoms with van der Waals surface area (Å²) >= 11 is 0. The molecule has 1 aliphatic rings. The SMILES string of the molecule is CC(C)(C)NC1CCC(NS(C)(=O)=O)C1. The van der Waals surface area contributed by atoms with E-state index in [1.54, 1.807) is 0 Å². The van der Waals surface area contributed by atoms with Crippen LogP contribution in [0.4, 0.5) is 0 Å². The van der Waals surface area contributed by atoms with Gasteiger partial charge in [0.1, 0.15) is 0 Å². The maximum atomic E-state index is 11.0. The van der Waals surface area contributed by atoms with E-state index in [-0.39, 0.29) is 11.6 Å². The molecule has 2 N–H and O–H groups in total. The number of nitrogens with one attached hydrogen (secondary N) is 2. The quantitative estimate of drug-likeness (QED) is 0.761. The Labute approximate surface area is 92.9 Å². The fourth-order valence-electron chi connectivity index (χ4n) is 2.13. The molecule has 1 fully saturated rings. The summed E-state index contributed by atoms with van der Waals surface area (Å²) in [5.41, 5.74) is 0.102. The summed E-state index contributed by atoms with van der Waals surface area (Å²) in [7, 11) is -3.05. The minimum atomic E-state index is -3.05. The van der Waals surface area contributed by atoms with Crippen LogP contribution in [0.2, 0.25) is 0 Å². The molecule has 0 saturated heterocycles. The maximum Gasteiger partial charge on any atom is 0.208 e. The van der Waals surface area contributed by atoms with E-state index in [4.69, 9.17) is 0 Å². The Hall–Kier alpha value is -0.130. The Kier molecular flexibility index (Phi) is 3.79. The van der Waals surface area contributed by atoms with Gasteiger partial charge in [-0.15, -0.1) is 0 Å². The Morgan fingerprint density at radius 1 is 1.13 bits per heavy atom. The number of hydrogen-bond acceptors (Lipinski definition) is 3. The number of sulfonamides is 1. The molecule has 0 aromatic rings. The fraction of sp³-hybridized carbons (Fsp3) is 1.00. The van der Waals surface area contributed by atoms with Gasteiger partial charge in [-0.2, -0.15) is 0 Å². The van der Waals surface area contributed by atoms with Gasteiger partial charge >= 0.3 is 0 Å². The standard InChI is InChI=1S/C10H22N2O2S/c1-10(2,3)11-8-5-6-9(7-8)12-15(4,13)14/h8-9,11-12H,5-7H2,1-4H3. The van der Waals surface area contributed by atoms with E-state index in [2.05, 4.69) is 30.8 Å². The van der Waals surface area contributed by atoms with Gasteiger partial charge in [0.05, 0.1) is 6.26 Å². The first kappa shape index (κ1) is 12.9. The highest BCUT2D eigenvalue weighted by Gasteiger charge is 2.28. The second-order valence-electron chi connectivity index (χ2n) is 5.49. The van der Waals surface area contributed by atoms with Crippen molar-refractivity contribution < 1.29 is 8.42 Å². The molecule has 5 heteroatoms. The van der Waals surface area contributed by atoms with Crippen LogP contribution in [0, 0.1) is 0 Å². The Bertz CT molecular complexity index is 306. The van der Waals surface area contributed by atoms with Crippen molar-refractivity contribution in [3.8, 4) is 0 Å². The summed E-state index contributed by atoms with van der Waals surface area (Å²) in [5, 5.41) is 3.50. The lowest BCUT2D eigenvalue weighted by atomic mass is 10.1. The van der Waals surface area contributed by atoms with Crippen LogP contribution in [-0.2, 0) is 10.0 Å². The summed E-state index contributed by atoms with van der Waals surface area (Å²) < 4.78 is 24.8. The third kappa shape index (κ3) is 5.49. The molecule has 1 saturated carbocycles. The summed E-state index contributed by atoms with van der Waals surface area (Å²) in [5.74, 6) is 0. The van der Waals surface area contributed by atoms with Crippen LogP contribution < -0.4 is 10.0 Å². The zero-order valence-electron chi connectivity index (χ0n) is 10.0. The van der Waals surface area contributed by atoms with Gasteiger partial charge in [-0.3, -0.25) is 0 Å². The fourth-order valence-corrected chi connectivity index (χ4v) is 2.95. The summed E-state index contributed by atoms with van der Waals surface area (Å²) in [6.45, 7) is 6.39. The molecule has 15 heavy (non-hydrogen) atoms. The average molecular weight is 234 g/mol. The maximum absolute atomic E-state index is 11.0. The summed E-state index contributed by atoms with van der Waals surface area (Å²) in [6.07, 6.45) is 4.09. The molecule has 0 spiro atoms. The topological polar surface area (TPSA) is 58.2 Å². The molecular weight excluding hydrogens is 212 g/mol. The number of rotatable bonds is 3. The van der Waals surface area contributed by atoms with E-state index in [0.29, 0.717) is 6.04 Å². The van der Waals surface area contributed by atoms with Crippen molar-refractivity contribution in [1.82, 2.24) is 10.0 Å². The van der Waals surface area contributed by atoms with Gasteiger partial charge in [0.2, 0.25) is 10.0 Å². The minimum Gasteiger partial charge on any atom is -0.309 e. The average Bonchev–Trinajstić information content (AvgIpc) is 2.28. The van der Waals surface area contributed by atoms with Gasteiger partial charge in [-0.1, -0.05) is 0 Å². The van der Waals surface area contributed by atoms with E-state index in [0.717, 1.165) is 19.3 Å². The van der Waals surface area contributed by atoms with Crippen molar-refractivity contribution in [2.75, 3.05) is 6.26 Å². The van der Waals surface area contributed by atoms with Crippen molar-refractivity contribution in [3.05, 3.63) is 0 Å². The van der Waals surface area contributed by atoms with Crippen molar-refractivity contribution in [2.24, 2.45) is 0 Å². The van der Waals surface area contributed by atoms with E-state index < -0.39 is 10.0 Å². The molecular formula is C10H22N2O2S. The Balaban J connectivity index is 2.40. The highest BCUT2D eigenvalue weighted by Crippen LogP contribution is 2.21. The molecule has 0 heterocycles. The van der Waals surface area contributed by atoms with Crippen molar-refractivity contribution >= 4 is 10.0 Å². The molecule has 0 aromatic carbocycles. The van der Waals surface area contributed by atoms with Crippen LogP contribution in [0.1, 0.15) is 40.0 Å². The van der Waals surface area contributed by atoms with Crippen molar-refractivity contribution in [1.29, 1.82) is 0 Å². The van der Waals surface area contributed by atoms with Crippen LogP contribution >= 0.6 is 0 Å². The van der Waals surface area contributed by atoms with Gasteiger partial charge < -0.3 is 5.32 Å². The van der Waals surface area contributed by atoms with Crippen LogP contribution in [0.3, 0.4) is 0 Å².